The number of rotatable bonds is 5. The molecule has 1 aromatic carbocycles. The van der Waals surface area contributed by atoms with Gasteiger partial charge in [-0.1, -0.05) is 30.9 Å². The smallest absolute Gasteiger partial charge is 0.126 e. The minimum Gasteiger partial charge on any atom is -0.299 e. The zero-order chi connectivity index (χ0) is 12.3. The van der Waals surface area contributed by atoms with Crippen molar-refractivity contribution < 1.29 is 4.39 Å². The average Bonchev–Trinajstić information content (AvgIpc) is 3.12. The van der Waals surface area contributed by atoms with Gasteiger partial charge in [-0.3, -0.25) is 5.32 Å². The molecule has 1 atom stereocenters. The average molecular weight is 268 g/mol. The minimum atomic E-state index is -0.134. The van der Waals surface area contributed by atoms with E-state index in [-0.39, 0.29) is 24.3 Å². The normalized spacial score (nSPS) is 15.6. The third-order valence-electron chi connectivity index (χ3n) is 3.31. The Kier molecular flexibility index (Phi) is 5.65. The topological polar surface area (TPSA) is 12.0 Å². The molecule has 0 unspecified atom stereocenters. The van der Waals surface area contributed by atoms with E-state index in [0.29, 0.717) is 12.1 Å². The number of hydrogen-bond donors (Lipinski definition) is 1. The molecule has 1 aromatic rings. The molecule has 18 heavy (non-hydrogen) atoms. The van der Waals surface area contributed by atoms with Crippen LogP contribution >= 0.6 is 12.4 Å². The molecule has 1 aliphatic rings. The van der Waals surface area contributed by atoms with Gasteiger partial charge in [-0.15, -0.1) is 18.8 Å². The van der Waals surface area contributed by atoms with Gasteiger partial charge < -0.3 is 0 Å². The maximum Gasteiger partial charge on any atom is 0.126 e. The van der Waals surface area contributed by atoms with Crippen molar-refractivity contribution in [3.05, 3.63) is 35.1 Å². The predicted octanol–water partition coefficient (Wildman–Crippen LogP) is 3.62. The molecule has 0 bridgehead atoms. The minimum absolute atomic E-state index is 0. The van der Waals surface area contributed by atoms with Gasteiger partial charge in [0.15, 0.2) is 0 Å². The maximum absolute atomic E-state index is 13.5. The van der Waals surface area contributed by atoms with E-state index < -0.39 is 0 Å². The van der Waals surface area contributed by atoms with Gasteiger partial charge in [-0.05, 0) is 36.5 Å². The van der Waals surface area contributed by atoms with Gasteiger partial charge in [-0.25, -0.2) is 4.39 Å². The van der Waals surface area contributed by atoms with E-state index in [0.717, 1.165) is 17.9 Å². The number of terminal acetylenes is 1. The molecule has 1 fully saturated rings. The van der Waals surface area contributed by atoms with Crippen molar-refractivity contribution in [2.24, 2.45) is 5.92 Å². The highest BCUT2D eigenvalue weighted by Crippen LogP contribution is 2.37. The first-order valence-electron chi connectivity index (χ1n) is 6.13. The van der Waals surface area contributed by atoms with Crippen LogP contribution in [0.1, 0.15) is 36.4 Å². The quantitative estimate of drug-likeness (QED) is 0.804. The Bertz CT molecular complexity index is 435. The molecule has 0 aromatic heterocycles. The first-order chi connectivity index (χ1) is 8.20. The monoisotopic (exact) mass is 267 g/mol. The number of nitrogens with one attached hydrogen (secondary N) is 1. The molecule has 0 amide bonds. The van der Waals surface area contributed by atoms with Crippen LogP contribution in [0.4, 0.5) is 4.39 Å². The molecule has 0 saturated heterocycles. The van der Waals surface area contributed by atoms with Gasteiger partial charge in [-0.2, -0.15) is 0 Å². The Morgan fingerprint density at radius 2 is 2.22 bits per heavy atom. The SMILES string of the molecule is C#CCN[C@@H](CC1CC1)c1ccc(C)c(F)c1.Cl. The first kappa shape index (κ1) is 15.0. The molecule has 0 spiro atoms. The molecule has 1 nitrogen and oxygen atoms in total. The van der Waals surface area contributed by atoms with E-state index in [9.17, 15) is 4.39 Å². The fraction of sp³-hybridized carbons (Fsp3) is 0.467. The first-order valence-corrected chi connectivity index (χ1v) is 6.13. The van der Waals surface area contributed by atoms with Crippen LogP contribution in [0.25, 0.3) is 0 Å². The molecule has 0 aliphatic heterocycles. The summed E-state index contributed by atoms with van der Waals surface area (Å²) in [5.41, 5.74) is 1.70. The van der Waals surface area contributed by atoms with Crippen molar-refractivity contribution in [1.29, 1.82) is 0 Å². The Balaban J connectivity index is 0.00000162. The number of halogens is 2. The summed E-state index contributed by atoms with van der Waals surface area (Å²) in [6.45, 7) is 2.32. The second-order valence-electron chi connectivity index (χ2n) is 4.83. The van der Waals surface area contributed by atoms with Crippen LogP contribution in [0.15, 0.2) is 18.2 Å². The molecule has 1 saturated carbocycles. The van der Waals surface area contributed by atoms with Crippen LogP contribution in [-0.4, -0.2) is 6.54 Å². The fourth-order valence-electron chi connectivity index (χ4n) is 2.03. The molecule has 1 aliphatic carbocycles. The zero-order valence-corrected chi connectivity index (χ0v) is 11.4. The molecular formula is C15H19ClFN. The second-order valence-corrected chi connectivity index (χ2v) is 4.83. The van der Waals surface area contributed by atoms with Crippen molar-refractivity contribution >= 4 is 12.4 Å². The highest BCUT2D eigenvalue weighted by molar-refractivity contribution is 5.85. The van der Waals surface area contributed by atoms with Crippen molar-refractivity contribution in [2.75, 3.05) is 6.54 Å². The van der Waals surface area contributed by atoms with Crippen LogP contribution in [0.2, 0.25) is 0 Å². The van der Waals surface area contributed by atoms with Gasteiger partial charge in [0.05, 0.1) is 6.54 Å². The number of aryl methyl sites for hydroxylation is 1. The predicted molar refractivity (Wildman–Crippen MR) is 75.3 cm³/mol. The third-order valence-corrected chi connectivity index (χ3v) is 3.31. The van der Waals surface area contributed by atoms with Gasteiger partial charge in [0.25, 0.3) is 0 Å². The molecule has 0 radical (unpaired) electrons. The fourth-order valence-corrected chi connectivity index (χ4v) is 2.03. The summed E-state index contributed by atoms with van der Waals surface area (Å²) in [7, 11) is 0. The Morgan fingerprint density at radius 1 is 1.50 bits per heavy atom. The summed E-state index contributed by atoms with van der Waals surface area (Å²) in [6.07, 6.45) is 8.92. The standard InChI is InChI=1S/C15H18FN.ClH/c1-3-8-17-15(9-12-5-6-12)13-7-4-11(2)14(16)10-13;/h1,4,7,10,12,15,17H,5-6,8-9H2,2H3;1H/t15-;/m0./s1. The van der Waals surface area contributed by atoms with Gasteiger partial charge in [0, 0.05) is 6.04 Å². The van der Waals surface area contributed by atoms with Crippen LogP contribution in [-0.2, 0) is 0 Å². The maximum atomic E-state index is 13.5. The lowest BCUT2D eigenvalue weighted by molar-refractivity contribution is 0.495. The lowest BCUT2D eigenvalue weighted by Crippen LogP contribution is -2.22. The summed E-state index contributed by atoms with van der Waals surface area (Å²) in [5.74, 6) is 3.24. The van der Waals surface area contributed by atoms with Gasteiger partial charge in [0.2, 0.25) is 0 Å². The summed E-state index contributed by atoms with van der Waals surface area (Å²) in [6, 6.07) is 5.65. The van der Waals surface area contributed by atoms with E-state index in [4.69, 9.17) is 6.42 Å². The molecule has 0 heterocycles. The Labute approximate surface area is 115 Å². The van der Waals surface area contributed by atoms with Crippen molar-refractivity contribution in [3.63, 3.8) is 0 Å². The third kappa shape index (κ3) is 4.01. The number of hydrogen-bond acceptors (Lipinski definition) is 1. The number of benzene rings is 1. The Morgan fingerprint density at radius 3 is 2.78 bits per heavy atom. The summed E-state index contributed by atoms with van der Waals surface area (Å²) in [5, 5.41) is 3.30. The second kappa shape index (κ2) is 6.78. The van der Waals surface area contributed by atoms with Crippen molar-refractivity contribution in [1.82, 2.24) is 5.32 Å². The lowest BCUT2D eigenvalue weighted by Gasteiger charge is -2.18. The van der Waals surface area contributed by atoms with Crippen molar-refractivity contribution in [2.45, 2.75) is 32.2 Å². The summed E-state index contributed by atoms with van der Waals surface area (Å²) >= 11 is 0. The summed E-state index contributed by atoms with van der Waals surface area (Å²) < 4.78 is 13.5. The zero-order valence-electron chi connectivity index (χ0n) is 10.6. The molecule has 1 N–H and O–H groups in total. The lowest BCUT2D eigenvalue weighted by atomic mass is 9.99. The Hall–Kier alpha value is -1.04. The molecule has 3 heteroatoms. The largest absolute Gasteiger partial charge is 0.299 e. The molecule has 98 valence electrons. The van der Waals surface area contributed by atoms with Gasteiger partial charge in [0.1, 0.15) is 5.82 Å². The molecule has 2 rings (SSSR count). The van der Waals surface area contributed by atoms with Crippen LogP contribution in [0.3, 0.4) is 0 Å². The van der Waals surface area contributed by atoms with Crippen LogP contribution < -0.4 is 5.32 Å². The van der Waals surface area contributed by atoms with Crippen LogP contribution in [0.5, 0.6) is 0 Å². The van der Waals surface area contributed by atoms with E-state index in [1.807, 2.05) is 12.1 Å². The van der Waals surface area contributed by atoms with Crippen molar-refractivity contribution in [3.8, 4) is 12.3 Å². The highest BCUT2D eigenvalue weighted by atomic mass is 35.5. The van der Waals surface area contributed by atoms with E-state index in [1.165, 1.54) is 12.8 Å². The van der Waals surface area contributed by atoms with Crippen LogP contribution in [0, 0.1) is 31.0 Å². The highest BCUT2D eigenvalue weighted by Gasteiger charge is 2.26. The van der Waals surface area contributed by atoms with E-state index in [1.54, 1.807) is 13.0 Å². The summed E-state index contributed by atoms with van der Waals surface area (Å²) in [4.78, 5) is 0. The van der Waals surface area contributed by atoms with E-state index >= 15 is 0 Å². The van der Waals surface area contributed by atoms with Gasteiger partial charge >= 0.3 is 0 Å². The van der Waals surface area contributed by atoms with E-state index in [2.05, 4.69) is 11.2 Å². The molecular weight excluding hydrogens is 249 g/mol.